The molecule has 0 heterocycles. The van der Waals surface area contributed by atoms with Gasteiger partial charge in [0.1, 0.15) is 6.54 Å². The Bertz CT molecular complexity index is 527. The minimum Gasteiger partial charge on any atom is -0.480 e. The molecule has 1 saturated carbocycles. The van der Waals surface area contributed by atoms with Crippen molar-refractivity contribution in [1.82, 2.24) is 4.90 Å². The standard InChI is InChI=1S/C14H15Br2NO3/c15-9-5-6-12(16)11(7-9)14(20)17(8-13(18)19)10-3-1-2-4-10/h5-7,10H,1-4,8H2,(H,18,19). The summed E-state index contributed by atoms with van der Waals surface area (Å²) in [5.74, 6) is -1.20. The lowest BCUT2D eigenvalue weighted by atomic mass is 10.1. The van der Waals surface area contributed by atoms with E-state index in [0.717, 1.165) is 30.2 Å². The van der Waals surface area contributed by atoms with Gasteiger partial charge in [0.05, 0.1) is 5.56 Å². The number of carbonyl (C=O) groups excluding carboxylic acids is 1. The Morgan fingerprint density at radius 1 is 1.25 bits per heavy atom. The summed E-state index contributed by atoms with van der Waals surface area (Å²) in [4.78, 5) is 25.2. The van der Waals surface area contributed by atoms with Gasteiger partial charge in [-0.15, -0.1) is 0 Å². The maximum Gasteiger partial charge on any atom is 0.323 e. The Morgan fingerprint density at radius 3 is 2.50 bits per heavy atom. The molecule has 0 aromatic heterocycles. The van der Waals surface area contributed by atoms with Crippen LogP contribution in [0, 0.1) is 0 Å². The summed E-state index contributed by atoms with van der Waals surface area (Å²) in [7, 11) is 0. The predicted octanol–water partition coefficient (Wildman–Crippen LogP) is 3.68. The molecule has 1 aliphatic carbocycles. The van der Waals surface area contributed by atoms with Crippen molar-refractivity contribution < 1.29 is 14.7 Å². The molecule has 1 amide bonds. The largest absolute Gasteiger partial charge is 0.480 e. The maximum atomic E-state index is 12.7. The fraction of sp³-hybridized carbons (Fsp3) is 0.429. The minimum absolute atomic E-state index is 0.0319. The molecule has 1 N–H and O–H groups in total. The third kappa shape index (κ3) is 3.61. The average Bonchev–Trinajstić information content (AvgIpc) is 2.91. The van der Waals surface area contributed by atoms with Gasteiger partial charge in [-0.3, -0.25) is 9.59 Å². The number of carboxylic acids is 1. The van der Waals surface area contributed by atoms with Crippen LogP contribution in [-0.4, -0.2) is 34.5 Å². The van der Waals surface area contributed by atoms with E-state index in [1.807, 2.05) is 6.07 Å². The zero-order valence-corrected chi connectivity index (χ0v) is 14.0. The second-order valence-electron chi connectivity index (χ2n) is 4.89. The van der Waals surface area contributed by atoms with Crippen molar-refractivity contribution in [1.29, 1.82) is 0 Å². The third-order valence-electron chi connectivity index (χ3n) is 3.49. The van der Waals surface area contributed by atoms with E-state index >= 15 is 0 Å². The van der Waals surface area contributed by atoms with Crippen molar-refractivity contribution in [2.24, 2.45) is 0 Å². The Kier molecular flexibility index (Phi) is 5.21. The van der Waals surface area contributed by atoms with Crippen LogP contribution in [0.25, 0.3) is 0 Å². The van der Waals surface area contributed by atoms with Crippen molar-refractivity contribution in [3.8, 4) is 0 Å². The second-order valence-corrected chi connectivity index (χ2v) is 6.66. The molecule has 0 saturated heterocycles. The monoisotopic (exact) mass is 403 g/mol. The van der Waals surface area contributed by atoms with E-state index in [0.29, 0.717) is 10.0 Å². The Labute approximate surface area is 134 Å². The van der Waals surface area contributed by atoms with Crippen LogP contribution < -0.4 is 0 Å². The Hall–Kier alpha value is -0.880. The molecule has 1 aliphatic rings. The summed E-state index contributed by atoms with van der Waals surface area (Å²) >= 11 is 6.70. The zero-order chi connectivity index (χ0) is 14.7. The highest BCUT2D eigenvalue weighted by atomic mass is 79.9. The van der Waals surface area contributed by atoms with Crippen LogP contribution in [0.1, 0.15) is 36.0 Å². The molecule has 0 bridgehead atoms. The number of benzene rings is 1. The highest BCUT2D eigenvalue weighted by Gasteiger charge is 2.29. The molecule has 1 aromatic rings. The molecule has 0 unspecified atom stereocenters. The van der Waals surface area contributed by atoms with E-state index in [1.165, 1.54) is 4.90 Å². The van der Waals surface area contributed by atoms with Gasteiger partial charge in [0.15, 0.2) is 0 Å². The van der Waals surface area contributed by atoms with Crippen LogP contribution in [0.4, 0.5) is 0 Å². The van der Waals surface area contributed by atoms with Gasteiger partial charge in [0.2, 0.25) is 0 Å². The molecule has 1 aromatic carbocycles. The van der Waals surface area contributed by atoms with Crippen molar-refractivity contribution in [2.45, 2.75) is 31.7 Å². The van der Waals surface area contributed by atoms with Crippen LogP contribution in [0.5, 0.6) is 0 Å². The lowest BCUT2D eigenvalue weighted by molar-refractivity contribution is -0.138. The van der Waals surface area contributed by atoms with Gasteiger partial charge in [-0.05, 0) is 47.0 Å². The van der Waals surface area contributed by atoms with Gasteiger partial charge < -0.3 is 10.0 Å². The average molecular weight is 405 g/mol. The molecule has 1 fully saturated rings. The van der Waals surface area contributed by atoms with E-state index in [4.69, 9.17) is 5.11 Å². The first kappa shape index (κ1) is 15.5. The summed E-state index contributed by atoms with van der Waals surface area (Å²) in [6.07, 6.45) is 3.86. The van der Waals surface area contributed by atoms with Crippen molar-refractivity contribution in [2.75, 3.05) is 6.54 Å². The number of nitrogens with zero attached hydrogens (tertiary/aromatic N) is 1. The molecule has 0 atom stereocenters. The summed E-state index contributed by atoms with van der Waals surface area (Å²) in [5.41, 5.74) is 0.493. The van der Waals surface area contributed by atoms with E-state index in [9.17, 15) is 9.59 Å². The molecule has 0 radical (unpaired) electrons. The van der Waals surface area contributed by atoms with Crippen LogP contribution in [0.15, 0.2) is 27.1 Å². The number of aliphatic carboxylic acids is 1. The fourth-order valence-electron chi connectivity index (χ4n) is 2.54. The van der Waals surface area contributed by atoms with Gasteiger partial charge in [0, 0.05) is 15.0 Å². The van der Waals surface area contributed by atoms with Crippen LogP contribution in [-0.2, 0) is 4.79 Å². The first-order chi connectivity index (χ1) is 9.49. The molecule has 4 nitrogen and oxygen atoms in total. The zero-order valence-electron chi connectivity index (χ0n) is 10.8. The summed E-state index contributed by atoms with van der Waals surface area (Å²) in [5, 5.41) is 9.05. The first-order valence-electron chi connectivity index (χ1n) is 6.47. The number of hydrogen-bond donors (Lipinski definition) is 1. The van der Waals surface area contributed by atoms with Crippen LogP contribution in [0.3, 0.4) is 0 Å². The SMILES string of the molecule is O=C(O)CN(C(=O)c1cc(Br)ccc1Br)C1CCCC1. The van der Waals surface area contributed by atoms with Gasteiger partial charge in [-0.1, -0.05) is 28.8 Å². The number of halogens is 2. The van der Waals surface area contributed by atoms with Crippen LogP contribution in [0.2, 0.25) is 0 Å². The minimum atomic E-state index is -0.976. The molecule has 0 spiro atoms. The quantitative estimate of drug-likeness (QED) is 0.832. The summed E-state index contributed by atoms with van der Waals surface area (Å²) in [6.45, 7) is -0.248. The van der Waals surface area contributed by atoms with Crippen molar-refractivity contribution in [3.05, 3.63) is 32.7 Å². The summed E-state index contributed by atoms with van der Waals surface area (Å²) < 4.78 is 1.48. The number of carbonyl (C=O) groups is 2. The van der Waals surface area contributed by atoms with E-state index < -0.39 is 5.97 Å². The highest BCUT2D eigenvalue weighted by Crippen LogP contribution is 2.28. The Morgan fingerprint density at radius 2 is 1.90 bits per heavy atom. The molecular formula is C14H15Br2NO3. The maximum absolute atomic E-state index is 12.7. The fourth-order valence-corrected chi connectivity index (χ4v) is 3.32. The molecule has 6 heteroatoms. The van der Waals surface area contributed by atoms with Crippen molar-refractivity contribution >= 4 is 43.7 Å². The number of rotatable bonds is 4. The van der Waals surface area contributed by atoms with Crippen molar-refractivity contribution in [3.63, 3.8) is 0 Å². The van der Waals surface area contributed by atoms with Crippen LogP contribution >= 0.6 is 31.9 Å². The summed E-state index contributed by atoms with van der Waals surface area (Å²) in [6, 6.07) is 5.36. The molecule has 0 aliphatic heterocycles. The number of carboxylic acid groups (broad SMARTS) is 1. The number of hydrogen-bond acceptors (Lipinski definition) is 2. The smallest absolute Gasteiger partial charge is 0.323 e. The van der Waals surface area contributed by atoms with E-state index in [1.54, 1.807) is 12.1 Å². The van der Waals surface area contributed by atoms with E-state index in [-0.39, 0.29) is 18.5 Å². The molecular weight excluding hydrogens is 390 g/mol. The van der Waals surface area contributed by atoms with E-state index in [2.05, 4.69) is 31.9 Å². The lowest BCUT2D eigenvalue weighted by Crippen LogP contribution is -2.42. The highest BCUT2D eigenvalue weighted by molar-refractivity contribution is 9.11. The first-order valence-corrected chi connectivity index (χ1v) is 8.05. The van der Waals surface area contributed by atoms with Gasteiger partial charge in [-0.2, -0.15) is 0 Å². The van der Waals surface area contributed by atoms with Gasteiger partial charge >= 0.3 is 5.97 Å². The molecule has 108 valence electrons. The normalized spacial score (nSPS) is 15.3. The molecule has 2 rings (SSSR count). The second kappa shape index (κ2) is 6.72. The molecule has 20 heavy (non-hydrogen) atoms. The predicted molar refractivity (Wildman–Crippen MR) is 82.8 cm³/mol. The van der Waals surface area contributed by atoms with Gasteiger partial charge in [-0.25, -0.2) is 0 Å². The van der Waals surface area contributed by atoms with Gasteiger partial charge in [0.25, 0.3) is 5.91 Å². The Balaban J connectivity index is 2.29. The lowest BCUT2D eigenvalue weighted by Gasteiger charge is -2.27. The third-order valence-corrected chi connectivity index (χ3v) is 4.68. The topological polar surface area (TPSA) is 57.6 Å². The number of amides is 1.